The number of thiophene rings is 1. The number of hydrogen-bond donors (Lipinski definition) is 1. The Morgan fingerprint density at radius 1 is 1.25 bits per heavy atom. The molecule has 1 fully saturated rings. The Labute approximate surface area is 190 Å². The molecular weight excluding hydrogens is 420 g/mol. The first-order valence-electron chi connectivity index (χ1n) is 10.8. The summed E-state index contributed by atoms with van der Waals surface area (Å²) in [6, 6.07) is 5.94. The third-order valence-electron chi connectivity index (χ3n) is 5.98. The van der Waals surface area contributed by atoms with Crippen LogP contribution in [0.1, 0.15) is 29.4 Å². The summed E-state index contributed by atoms with van der Waals surface area (Å²) in [5, 5.41) is 6.34. The summed E-state index contributed by atoms with van der Waals surface area (Å²) < 4.78 is 2.82. The number of rotatable bonds is 5. The first kappa shape index (κ1) is 20.8. The predicted octanol–water partition coefficient (Wildman–Crippen LogP) is 3.69. The second-order valence-corrected chi connectivity index (χ2v) is 9.62. The molecule has 0 unspecified atom stereocenters. The maximum Gasteiger partial charge on any atom is 0.185 e. The average molecular weight is 447 g/mol. The van der Waals surface area contributed by atoms with Gasteiger partial charge in [-0.15, -0.1) is 11.3 Å². The number of piperidine rings is 1. The van der Waals surface area contributed by atoms with E-state index >= 15 is 0 Å². The molecule has 4 aromatic rings. The minimum absolute atomic E-state index is 0.0150. The standard InChI is InChI=1S/C24H26N6OS/c1-15-7-18(25)13-30(11-15)21-5-6-26-9-16(21)8-22(31)20-3-4-23-24(28-20)19(14-32-23)17-10-27-29(2)12-17/h3-6,9-10,12,14-15,18H,7-8,11,13,25H2,1-2H3/t15-,18+/m1/s1. The van der Waals surface area contributed by atoms with Crippen molar-refractivity contribution in [3.8, 4) is 11.1 Å². The first-order chi connectivity index (χ1) is 15.5. The largest absolute Gasteiger partial charge is 0.369 e. The van der Waals surface area contributed by atoms with E-state index in [0.29, 0.717) is 11.6 Å². The lowest BCUT2D eigenvalue weighted by Gasteiger charge is -2.37. The number of aromatic nitrogens is 4. The van der Waals surface area contributed by atoms with Crippen molar-refractivity contribution in [3.63, 3.8) is 0 Å². The lowest BCUT2D eigenvalue weighted by molar-refractivity contribution is 0.0988. The van der Waals surface area contributed by atoms with Crippen molar-refractivity contribution in [1.82, 2.24) is 19.7 Å². The van der Waals surface area contributed by atoms with Crippen LogP contribution in [0.25, 0.3) is 21.3 Å². The van der Waals surface area contributed by atoms with Gasteiger partial charge < -0.3 is 10.6 Å². The molecule has 0 spiro atoms. The summed E-state index contributed by atoms with van der Waals surface area (Å²) in [6.07, 6.45) is 8.65. The molecule has 0 radical (unpaired) electrons. The summed E-state index contributed by atoms with van der Waals surface area (Å²) >= 11 is 1.62. The fourth-order valence-corrected chi connectivity index (χ4v) is 5.46. The highest BCUT2D eigenvalue weighted by molar-refractivity contribution is 7.17. The van der Waals surface area contributed by atoms with Gasteiger partial charge in [0.2, 0.25) is 0 Å². The van der Waals surface area contributed by atoms with Crippen LogP contribution in [0.15, 0.2) is 48.4 Å². The second-order valence-electron chi connectivity index (χ2n) is 8.71. The number of hydrogen-bond acceptors (Lipinski definition) is 7. The van der Waals surface area contributed by atoms with Gasteiger partial charge >= 0.3 is 0 Å². The molecule has 4 aromatic heterocycles. The van der Waals surface area contributed by atoms with Gasteiger partial charge in [0.1, 0.15) is 5.69 Å². The highest BCUT2D eigenvalue weighted by Crippen LogP contribution is 2.33. The minimum atomic E-state index is -0.0150. The number of ketones is 1. The Morgan fingerprint density at radius 2 is 2.12 bits per heavy atom. The molecule has 7 nitrogen and oxygen atoms in total. The molecule has 32 heavy (non-hydrogen) atoms. The van der Waals surface area contributed by atoms with Crippen LogP contribution in [0.4, 0.5) is 5.69 Å². The Bertz CT molecular complexity index is 1270. The van der Waals surface area contributed by atoms with E-state index in [4.69, 9.17) is 10.7 Å². The van der Waals surface area contributed by atoms with Crippen molar-refractivity contribution in [2.75, 3.05) is 18.0 Å². The third kappa shape index (κ3) is 4.03. The molecule has 8 heteroatoms. The van der Waals surface area contributed by atoms with Crippen LogP contribution in [0.5, 0.6) is 0 Å². The Kier molecular flexibility index (Phi) is 5.48. The molecule has 5 rings (SSSR count). The summed E-state index contributed by atoms with van der Waals surface area (Å²) in [5.41, 5.74) is 11.5. The number of anilines is 1. The number of carbonyl (C=O) groups is 1. The highest BCUT2D eigenvalue weighted by atomic mass is 32.1. The van der Waals surface area contributed by atoms with E-state index in [1.165, 1.54) is 0 Å². The molecule has 0 amide bonds. The average Bonchev–Trinajstić information content (AvgIpc) is 3.38. The van der Waals surface area contributed by atoms with E-state index in [2.05, 4.69) is 27.3 Å². The smallest absolute Gasteiger partial charge is 0.185 e. The van der Waals surface area contributed by atoms with Crippen LogP contribution in [-0.4, -0.2) is 44.7 Å². The van der Waals surface area contributed by atoms with E-state index in [9.17, 15) is 4.79 Å². The molecule has 1 saturated heterocycles. The summed E-state index contributed by atoms with van der Waals surface area (Å²) in [4.78, 5) is 24.6. The van der Waals surface area contributed by atoms with Crippen LogP contribution in [0.2, 0.25) is 0 Å². The highest BCUT2D eigenvalue weighted by Gasteiger charge is 2.25. The van der Waals surface area contributed by atoms with Crippen molar-refractivity contribution in [3.05, 3.63) is 59.6 Å². The van der Waals surface area contributed by atoms with Crippen LogP contribution < -0.4 is 10.6 Å². The van der Waals surface area contributed by atoms with Gasteiger partial charge in [-0.25, -0.2) is 4.98 Å². The van der Waals surface area contributed by atoms with E-state index in [1.54, 1.807) is 28.4 Å². The van der Waals surface area contributed by atoms with E-state index in [1.807, 2.05) is 37.6 Å². The molecule has 0 aromatic carbocycles. The number of Topliss-reactive ketones (excluding diaryl/α,β-unsaturated/α-hetero) is 1. The molecule has 5 heterocycles. The van der Waals surface area contributed by atoms with Crippen molar-refractivity contribution < 1.29 is 4.79 Å². The Balaban J connectivity index is 1.43. The minimum Gasteiger partial charge on any atom is -0.369 e. The first-order valence-corrected chi connectivity index (χ1v) is 11.7. The van der Waals surface area contributed by atoms with E-state index in [0.717, 1.165) is 52.1 Å². The topological polar surface area (TPSA) is 89.9 Å². The van der Waals surface area contributed by atoms with Gasteiger partial charge in [0.05, 0.1) is 16.4 Å². The summed E-state index contributed by atoms with van der Waals surface area (Å²) in [7, 11) is 1.89. The van der Waals surface area contributed by atoms with E-state index in [-0.39, 0.29) is 18.2 Å². The summed E-state index contributed by atoms with van der Waals surface area (Å²) in [6.45, 7) is 3.95. The van der Waals surface area contributed by atoms with Gasteiger partial charge in [-0.05, 0) is 30.5 Å². The van der Waals surface area contributed by atoms with Crippen molar-refractivity contribution >= 4 is 33.0 Å². The van der Waals surface area contributed by atoms with Crippen LogP contribution in [-0.2, 0) is 13.5 Å². The molecule has 2 atom stereocenters. The summed E-state index contributed by atoms with van der Waals surface area (Å²) in [5.74, 6) is 0.503. The number of nitrogens with two attached hydrogens (primary N) is 1. The lowest BCUT2D eigenvalue weighted by Crippen LogP contribution is -2.46. The normalized spacial score (nSPS) is 18.9. The second kappa shape index (κ2) is 8.44. The monoisotopic (exact) mass is 446 g/mol. The van der Waals surface area contributed by atoms with Crippen LogP contribution in [0, 0.1) is 5.92 Å². The predicted molar refractivity (Wildman–Crippen MR) is 128 cm³/mol. The third-order valence-corrected chi connectivity index (χ3v) is 6.92. The molecule has 1 aliphatic heterocycles. The number of aryl methyl sites for hydroxylation is 1. The molecule has 164 valence electrons. The number of nitrogens with zero attached hydrogens (tertiary/aromatic N) is 5. The van der Waals surface area contributed by atoms with Crippen molar-refractivity contribution in [2.45, 2.75) is 25.8 Å². The molecule has 0 saturated carbocycles. The number of pyridine rings is 2. The van der Waals surface area contributed by atoms with Crippen molar-refractivity contribution in [2.24, 2.45) is 18.7 Å². The van der Waals surface area contributed by atoms with Gasteiger partial charge in [0.25, 0.3) is 0 Å². The number of carbonyl (C=O) groups excluding carboxylic acids is 1. The zero-order valence-electron chi connectivity index (χ0n) is 18.2. The van der Waals surface area contributed by atoms with Gasteiger partial charge in [-0.3, -0.25) is 14.5 Å². The molecule has 2 N–H and O–H groups in total. The fraction of sp³-hybridized carbons (Fsp3) is 0.333. The maximum absolute atomic E-state index is 13.2. The molecule has 0 bridgehead atoms. The van der Waals surface area contributed by atoms with Gasteiger partial charge in [-0.1, -0.05) is 6.92 Å². The Morgan fingerprint density at radius 3 is 2.91 bits per heavy atom. The lowest BCUT2D eigenvalue weighted by atomic mass is 9.95. The Hall–Kier alpha value is -3.10. The van der Waals surface area contributed by atoms with Gasteiger partial charge in [0.15, 0.2) is 5.78 Å². The quantitative estimate of drug-likeness (QED) is 0.470. The maximum atomic E-state index is 13.2. The van der Waals surface area contributed by atoms with E-state index < -0.39 is 0 Å². The zero-order valence-corrected chi connectivity index (χ0v) is 19.0. The van der Waals surface area contributed by atoms with Crippen molar-refractivity contribution in [1.29, 1.82) is 0 Å². The van der Waals surface area contributed by atoms with Crippen LogP contribution in [0.3, 0.4) is 0 Å². The molecular formula is C24H26N6OS. The molecule has 0 aliphatic carbocycles. The molecule has 1 aliphatic rings. The number of fused-ring (bicyclic) bond motifs is 1. The zero-order chi connectivity index (χ0) is 22.2. The van der Waals surface area contributed by atoms with Gasteiger partial charge in [0, 0.05) is 78.9 Å². The fourth-order valence-electron chi connectivity index (χ4n) is 4.56. The van der Waals surface area contributed by atoms with Crippen LogP contribution >= 0.6 is 11.3 Å². The SMILES string of the molecule is C[C@@H]1C[C@H](N)CN(c2ccncc2CC(=O)c2ccc3scc(-c4cnn(C)c4)c3n2)C1. The van der Waals surface area contributed by atoms with Gasteiger partial charge in [-0.2, -0.15) is 5.10 Å².